The molecule has 5 heteroatoms. The van der Waals surface area contributed by atoms with Crippen LogP contribution in [0.5, 0.6) is 0 Å². The minimum Gasteiger partial charge on any atom is -0.481 e. The molecular formula is C13H24N2O3. The molecule has 0 radical (unpaired) electrons. The third kappa shape index (κ3) is 5.49. The molecule has 0 spiro atoms. The van der Waals surface area contributed by atoms with Crippen molar-refractivity contribution in [1.29, 1.82) is 0 Å². The van der Waals surface area contributed by atoms with Crippen LogP contribution in [0.2, 0.25) is 0 Å². The fourth-order valence-corrected chi connectivity index (χ4v) is 2.22. The first-order valence-electron chi connectivity index (χ1n) is 6.71. The number of aliphatic carboxylic acids is 1. The Kier molecular flexibility index (Phi) is 6.12. The summed E-state index contributed by atoms with van der Waals surface area (Å²) in [5.74, 6) is -0.171. The zero-order valence-electron chi connectivity index (χ0n) is 11.3. The van der Waals surface area contributed by atoms with E-state index in [1.165, 1.54) is 0 Å². The van der Waals surface area contributed by atoms with Crippen LogP contribution in [-0.4, -0.2) is 48.1 Å². The standard InChI is InChI=1S/C13H24N2O3/c1-10(2)13(18)14-8-11-4-3-6-15(9-11)7-5-12(16)17/h10-11H,3-9H2,1-2H3,(H,14,18)(H,16,17)/t11-/m1/s1. The molecule has 1 atom stereocenters. The van der Waals surface area contributed by atoms with Crippen LogP contribution in [0.4, 0.5) is 0 Å². The highest BCUT2D eigenvalue weighted by atomic mass is 16.4. The second-order valence-corrected chi connectivity index (χ2v) is 5.35. The van der Waals surface area contributed by atoms with Gasteiger partial charge in [-0.15, -0.1) is 0 Å². The van der Waals surface area contributed by atoms with Crippen LogP contribution >= 0.6 is 0 Å². The molecule has 0 aromatic heterocycles. The first-order valence-corrected chi connectivity index (χ1v) is 6.71. The van der Waals surface area contributed by atoms with Gasteiger partial charge in [0.2, 0.25) is 5.91 Å². The molecule has 0 aromatic carbocycles. The number of carboxylic acid groups (broad SMARTS) is 1. The molecule has 1 saturated heterocycles. The molecule has 0 saturated carbocycles. The molecule has 1 rings (SSSR count). The number of amides is 1. The highest BCUT2D eigenvalue weighted by Crippen LogP contribution is 2.16. The summed E-state index contributed by atoms with van der Waals surface area (Å²) in [5, 5.41) is 11.6. The lowest BCUT2D eigenvalue weighted by Crippen LogP contribution is -2.42. The largest absolute Gasteiger partial charge is 0.481 e. The van der Waals surface area contributed by atoms with E-state index in [1.807, 2.05) is 13.8 Å². The lowest BCUT2D eigenvalue weighted by Gasteiger charge is -2.32. The SMILES string of the molecule is CC(C)C(=O)NC[C@H]1CCCN(CCC(=O)O)C1. The predicted molar refractivity (Wildman–Crippen MR) is 69.3 cm³/mol. The summed E-state index contributed by atoms with van der Waals surface area (Å²) in [6, 6.07) is 0. The van der Waals surface area contributed by atoms with Crippen LogP contribution in [-0.2, 0) is 9.59 Å². The van der Waals surface area contributed by atoms with Gasteiger partial charge in [-0.05, 0) is 25.3 Å². The Balaban J connectivity index is 2.26. The predicted octanol–water partition coefficient (Wildman–Crippen LogP) is 0.945. The Morgan fingerprint density at radius 1 is 1.44 bits per heavy atom. The van der Waals surface area contributed by atoms with Crippen LogP contribution in [0.1, 0.15) is 33.1 Å². The van der Waals surface area contributed by atoms with Crippen molar-refractivity contribution in [3.63, 3.8) is 0 Å². The smallest absolute Gasteiger partial charge is 0.304 e. The van der Waals surface area contributed by atoms with E-state index in [1.54, 1.807) is 0 Å². The molecular weight excluding hydrogens is 232 g/mol. The van der Waals surface area contributed by atoms with Crippen molar-refractivity contribution >= 4 is 11.9 Å². The molecule has 0 aromatic rings. The minimum absolute atomic E-state index is 0.0247. The van der Waals surface area contributed by atoms with Gasteiger partial charge < -0.3 is 15.3 Å². The van der Waals surface area contributed by atoms with E-state index in [-0.39, 0.29) is 18.2 Å². The molecule has 1 fully saturated rings. The number of carbonyl (C=O) groups is 2. The number of rotatable bonds is 6. The molecule has 0 aliphatic carbocycles. The number of nitrogens with one attached hydrogen (secondary N) is 1. The Morgan fingerprint density at radius 2 is 2.17 bits per heavy atom. The number of hydrogen-bond acceptors (Lipinski definition) is 3. The number of carboxylic acids is 1. The number of nitrogens with zero attached hydrogens (tertiary/aromatic N) is 1. The number of piperidine rings is 1. The Bertz CT molecular complexity index is 292. The number of carbonyl (C=O) groups excluding carboxylic acids is 1. The summed E-state index contributed by atoms with van der Waals surface area (Å²) in [4.78, 5) is 24.2. The van der Waals surface area contributed by atoms with Crippen molar-refractivity contribution in [2.75, 3.05) is 26.2 Å². The molecule has 1 heterocycles. The Morgan fingerprint density at radius 3 is 2.78 bits per heavy atom. The quantitative estimate of drug-likeness (QED) is 0.742. The van der Waals surface area contributed by atoms with Crippen LogP contribution in [0.3, 0.4) is 0 Å². The van der Waals surface area contributed by atoms with Crippen molar-refractivity contribution in [1.82, 2.24) is 10.2 Å². The highest BCUT2D eigenvalue weighted by molar-refractivity contribution is 5.77. The minimum atomic E-state index is -0.745. The first kappa shape index (κ1) is 15.0. The first-order chi connectivity index (χ1) is 8.49. The fraction of sp³-hybridized carbons (Fsp3) is 0.846. The van der Waals surface area contributed by atoms with Gasteiger partial charge in [0.15, 0.2) is 0 Å². The van der Waals surface area contributed by atoms with Gasteiger partial charge in [0.05, 0.1) is 6.42 Å². The monoisotopic (exact) mass is 256 g/mol. The second kappa shape index (κ2) is 7.36. The zero-order chi connectivity index (χ0) is 13.5. The molecule has 1 aliphatic heterocycles. The van der Waals surface area contributed by atoms with Crippen molar-refractivity contribution in [2.45, 2.75) is 33.1 Å². The summed E-state index contributed by atoms with van der Waals surface area (Å²) < 4.78 is 0. The third-order valence-corrected chi connectivity index (χ3v) is 3.33. The molecule has 104 valence electrons. The Labute approximate surface area is 109 Å². The summed E-state index contributed by atoms with van der Waals surface area (Å²) in [6.07, 6.45) is 2.40. The van der Waals surface area contributed by atoms with Crippen molar-refractivity contribution in [3.05, 3.63) is 0 Å². The molecule has 0 bridgehead atoms. The average molecular weight is 256 g/mol. The third-order valence-electron chi connectivity index (χ3n) is 3.33. The van der Waals surface area contributed by atoms with Crippen molar-refractivity contribution in [3.8, 4) is 0 Å². The Hall–Kier alpha value is -1.10. The van der Waals surface area contributed by atoms with E-state index in [0.717, 1.165) is 25.9 Å². The number of hydrogen-bond donors (Lipinski definition) is 2. The van der Waals surface area contributed by atoms with Gasteiger partial charge in [-0.3, -0.25) is 9.59 Å². The van der Waals surface area contributed by atoms with Gasteiger partial charge in [-0.25, -0.2) is 0 Å². The summed E-state index contributed by atoms with van der Waals surface area (Å²) in [6.45, 7) is 6.96. The van der Waals surface area contributed by atoms with Gasteiger partial charge in [0.25, 0.3) is 0 Å². The van der Waals surface area contributed by atoms with Gasteiger partial charge in [0, 0.05) is 25.6 Å². The molecule has 2 N–H and O–H groups in total. The normalized spacial score (nSPS) is 20.9. The molecule has 5 nitrogen and oxygen atoms in total. The van der Waals surface area contributed by atoms with Gasteiger partial charge in [0.1, 0.15) is 0 Å². The van der Waals surface area contributed by atoms with Crippen LogP contribution < -0.4 is 5.32 Å². The summed E-state index contributed by atoms with van der Waals surface area (Å²) >= 11 is 0. The van der Waals surface area contributed by atoms with E-state index in [0.29, 0.717) is 19.0 Å². The van der Waals surface area contributed by atoms with E-state index in [2.05, 4.69) is 10.2 Å². The average Bonchev–Trinajstić information content (AvgIpc) is 2.33. The maximum Gasteiger partial charge on any atom is 0.304 e. The molecule has 1 amide bonds. The lowest BCUT2D eigenvalue weighted by molar-refractivity contribution is -0.137. The van der Waals surface area contributed by atoms with E-state index < -0.39 is 5.97 Å². The summed E-state index contributed by atoms with van der Waals surface area (Å²) in [7, 11) is 0. The van der Waals surface area contributed by atoms with Crippen LogP contribution in [0, 0.1) is 11.8 Å². The van der Waals surface area contributed by atoms with Crippen LogP contribution in [0.15, 0.2) is 0 Å². The zero-order valence-corrected chi connectivity index (χ0v) is 11.3. The van der Waals surface area contributed by atoms with Gasteiger partial charge in [-0.1, -0.05) is 13.8 Å². The summed E-state index contributed by atoms with van der Waals surface area (Å²) in [5.41, 5.74) is 0. The topological polar surface area (TPSA) is 69.6 Å². The number of likely N-dealkylation sites (tertiary alicyclic amines) is 1. The van der Waals surface area contributed by atoms with E-state index in [4.69, 9.17) is 5.11 Å². The lowest BCUT2D eigenvalue weighted by atomic mass is 9.97. The maximum atomic E-state index is 11.5. The second-order valence-electron chi connectivity index (χ2n) is 5.35. The van der Waals surface area contributed by atoms with E-state index in [9.17, 15) is 9.59 Å². The molecule has 1 aliphatic rings. The molecule has 0 unspecified atom stereocenters. The van der Waals surface area contributed by atoms with Gasteiger partial charge >= 0.3 is 5.97 Å². The van der Waals surface area contributed by atoms with Crippen molar-refractivity contribution in [2.24, 2.45) is 11.8 Å². The fourth-order valence-electron chi connectivity index (χ4n) is 2.22. The van der Waals surface area contributed by atoms with E-state index >= 15 is 0 Å². The molecule has 18 heavy (non-hydrogen) atoms. The highest BCUT2D eigenvalue weighted by Gasteiger charge is 2.21. The van der Waals surface area contributed by atoms with Gasteiger partial charge in [-0.2, -0.15) is 0 Å². The van der Waals surface area contributed by atoms with Crippen LogP contribution in [0.25, 0.3) is 0 Å². The maximum absolute atomic E-state index is 11.5. The van der Waals surface area contributed by atoms with Crippen molar-refractivity contribution < 1.29 is 14.7 Å².